The van der Waals surface area contributed by atoms with E-state index in [0.717, 1.165) is 29.4 Å². The molecule has 0 unspecified atom stereocenters. The largest absolute Gasteiger partial charge is 0.467 e. The van der Waals surface area contributed by atoms with E-state index in [-0.39, 0.29) is 18.9 Å². The molecule has 3 aromatic rings. The first-order valence-electron chi connectivity index (χ1n) is 16.6. The van der Waals surface area contributed by atoms with Gasteiger partial charge in [-0.1, -0.05) is 78.9 Å². The van der Waals surface area contributed by atoms with Crippen molar-refractivity contribution in [1.82, 2.24) is 16.0 Å². The van der Waals surface area contributed by atoms with E-state index in [0.29, 0.717) is 5.56 Å². The summed E-state index contributed by atoms with van der Waals surface area (Å²) < 4.78 is 16.1. The summed E-state index contributed by atoms with van der Waals surface area (Å²) in [5.74, 6) is -2.53. The van der Waals surface area contributed by atoms with Crippen LogP contribution >= 0.6 is 0 Å². The predicted molar refractivity (Wildman–Crippen MR) is 182 cm³/mol. The van der Waals surface area contributed by atoms with Crippen LogP contribution in [0.5, 0.6) is 0 Å². The highest BCUT2D eigenvalue weighted by molar-refractivity contribution is 5.87. The number of hydrogen-bond acceptors (Lipinski definition) is 11. The molecule has 51 heavy (non-hydrogen) atoms. The van der Waals surface area contributed by atoms with Gasteiger partial charge in [0.05, 0.1) is 20.1 Å². The number of benzene rings is 3. The van der Waals surface area contributed by atoms with Crippen molar-refractivity contribution in [3.63, 3.8) is 0 Å². The van der Waals surface area contributed by atoms with Crippen molar-refractivity contribution < 1.29 is 53.8 Å². The van der Waals surface area contributed by atoms with E-state index in [1.807, 2.05) is 48.5 Å². The Kier molecular flexibility index (Phi) is 12.1. The molecule has 0 spiro atoms. The Morgan fingerprint density at radius 2 is 1.47 bits per heavy atom. The van der Waals surface area contributed by atoms with E-state index in [9.17, 15) is 39.6 Å². The van der Waals surface area contributed by atoms with Gasteiger partial charge in [-0.15, -0.1) is 0 Å². The lowest BCUT2D eigenvalue weighted by molar-refractivity contribution is -0.272. The van der Waals surface area contributed by atoms with Gasteiger partial charge in [-0.2, -0.15) is 0 Å². The molecule has 1 aliphatic heterocycles. The monoisotopic (exact) mass is 705 g/mol. The Morgan fingerprint density at radius 3 is 2.08 bits per heavy atom. The fraction of sp³-hybridized carbons (Fsp3) is 0.405. The van der Waals surface area contributed by atoms with E-state index >= 15 is 0 Å². The summed E-state index contributed by atoms with van der Waals surface area (Å²) in [6, 6.07) is 22.3. The molecule has 0 radical (unpaired) electrons. The van der Waals surface area contributed by atoms with E-state index < -0.39 is 85.5 Å². The topological polar surface area (TPSA) is 213 Å². The molecule has 0 bridgehead atoms. The number of amides is 3. The predicted octanol–water partition coefficient (Wildman–Crippen LogP) is 0.533. The fourth-order valence-electron chi connectivity index (χ4n) is 6.66. The quantitative estimate of drug-likeness (QED) is 0.122. The van der Waals surface area contributed by atoms with E-state index in [1.54, 1.807) is 30.3 Å². The van der Waals surface area contributed by atoms with E-state index in [4.69, 9.17) is 9.47 Å². The Balaban J connectivity index is 1.32. The van der Waals surface area contributed by atoms with Crippen LogP contribution in [0.4, 0.5) is 4.79 Å². The molecule has 14 heteroatoms. The number of aliphatic hydroxyl groups is 4. The van der Waals surface area contributed by atoms with Gasteiger partial charge in [0.15, 0.2) is 0 Å². The maximum atomic E-state index is 13.8. The van der Waals surface area contributed by atoms with Gasteiger partial charge in [-0.3, -0.25) is 9.59 Å². The average Bonchev–Trinajstić information content (AvgIpc) is 3.46. The zero-order valence-corrected chi connectivity index (χ0v) is 28.2. The minimum atomic E-state index is -2.08. The van der Waals surface area contributed by atoms with Crippen molar-refractivity contribution in [3.8, 4) is 11.1 Å². The van der Waals surface area contributed by atoms with Gasteiger partial charge in [-0.05, 0) is 34.7 Å². The summed E-state index contributed by atoms with van der Waals surface area (Å²) in [5.41, 5.74) is 2.76. The summed E-state index contributed by atoms with van der Waals surface area (Å²) in [7, 11) is 1.14. The molecule has 7 atom stereocenters. The molecule has 14 nitrogen and oxygen atoms in total. The molecule has 0 aromatic heterocycles. The van der Waals surface area contributed by atoms with Gasteiger partial charge >= 0.3 is 12.1 Å². The number of fused-ring (bicyclic) bond motifs is 3. The lowest BCUT2D eigenvalue weighted by Crippen LogP contribution is -2.69. The number of methoxy groups -OCH3 is 1. The van der Waals surface area contributed by atoms with Crippen LogP contribution in [0.2, 0.25) is 0 Å². The first kappa shape index (κ1) is 37.4. The fourth-order valence-corrected chi connectivity index (χ4v) is 6.66. The van der Waals surface area contributed by atoms with Crippen molar-refractivity contribution in [1.29, 1.82) is 0 Å². The van der Waals surface area contributed by atoms with Gasteiger partial charge in [0.1, 0.15) is 48.7 Å². The molecule has 3 amide bonds. The minimum Gasteiger partial charge on any atom is -0.467 e. The van der Waals surface area contributed by atoms with Gasteiger partial charge < -0.3 is 50.6 Å². The van der Waals surface area contributed by atoms with Crippen molar-refractivity contribution in [2.75, 3.05) is 26.9 Å². The molecular formula is C37H43N3O11. The van der Waals surface area contributed by atoms with Crippen LogP contribution in [0.25, 0.3) is 11.1 Å². The molecule has 7 N–H and O–H groups in total. The van der Waals surface area contributed by atoms with Gasteiger partial charge in [0.2, 0.25) is 11.8 Å². The van der Waals surface area contributed by atoms with Gasteiger partial charge in [0.25, 0.3) is 0 Å². The number of nitrogens with one attached hydrogen (secondary N) is 3. The first-order valence-corrected chi connectivity index (χ1v) is 16.6. The number of carbonyl (C=O) groups excluding carboxylic acids is 4. The Labute approximate surface area is 294 Å². The summed E-state index contributed by atoms with van der Waals surface area (Å²) in [6.07, 6.45) is -8.50. The highest BCUT2D eigenvalue weighted by atomic mass is 16.6. The highest BCUT2D eigenvalue weighted by Crippen LogP contribution is 2.44. The van der Waals surface area contributed by atoms with Crippen LogP contribution in [0.1, 0.15) is 36.0 Å². The number of alkyl carbamates (subject to hydrolysis) is 1. The SMILES string of the molecule is COC(=O)[C@H](C)NC(=O)C[C@]1(CNC(=O)[C@H](Cc2ccccc2)NC(=O)OCC2c3ccccc3-c3ccccc32)O[C@H](CO)[C@H](O)[C@H](O)[C@H]1O. The maximum Gasteiger partial charge on any atom is 0.407 e. The second-order valence-electron chi connectivity index (χ2n) is 12.7. The third kappa shape index (κ3) is 8.38. The zero-order chi connectivity index (χ0) is 36.7. The number of aliphatic hydroxyl groups excluding tert-OH is 4. The third-order valence-corrected chi connectivity index (χ3v) is 9.35. The molecule has 1 aliphatic carbocycles. The molecule has 5 rings (SSSR count). The lowest BCUT2D eigenvalue weighted by Gasteiger charge is -2.48. The number of rotatable bonds is 13. The normalized spacial score (nSPS) is 23.6. The van der Waals surface area contributed by atoms with E-state index in [1.165, 1.54) is 6.92 Å². The van der Waals surface area contributed by atoms with E-state index in [2.05, 4.69) is 20.7 Å². The molecule has 272 valence electrons. The first-order chi connectivity index (χ1) is 24.5. The number of carbonyl (C=O) groups is 4. The summed E-state index contributed by atoms with van der Waals surface area (Å²) in [6.45, 7) is -0.0229. The Hall–Kier alpha value is -4.86. The van der Waals surface area contributed by atoms with Gasteiger partial charge in [-0.25, -0.2) is 9.59 Å². The smallest absolute Gasteiger partial charge is 0.407 e. The molecule has 1 fully saturated rings. The summed E-state index contributed by atoms with van der Waals surface area (Å²) in [5, 5.41) is 49.7. The van der Waals surface area contributed by atoms with Crippen LogP contribution in [-0.2, 0) is 35.0 Å². The van der Waals surface area contributed by atoms with Crippen molar-refractivity contribution in [3.05, 3.63) is 95.6 Å². The molecule has 1 heterocycles. The molecule has 0 saturated carbocycles. The average molecular weight is 706 g/mol. The second kappa shape index (κ2) is 16.4. The van der Waals surface area contributed by atoms with Gasteiger partial charge in [0, 0.05) is 18.9 Å². The van der Waals surface area contributed by atoms with Crippen LogP contribution in [0, 0.1) is 0 Å². The summed E-state index contributed by atoms with van der Waals surface area (Å²) in [4.78, 5) is 52.1. The number of ether oxygens (including phenoxy) is 3. The lowest BCUT2D eigenvalue weighted by atomic mass is 9.81. The summed E-state index contributed by atoms with van der Waals surface area (Å²) >= 11 is 0. The minimum absolute atomic E-state index is 0.00451. The molecule has 2 aliphatic rings. The molecule has 1 saturated heterocycles. The third-order valence-electron chi connectivity index (χ3n) is 9.35. The van der Waals surface area contributed by atoms with Crippen molar-refractivity contribution in [2.24, 2.45) is 0 Å². The van der Waals surface area contributed by atoms with Crippen LogP contribution in [0.15, 0.2) is 78.9 Å². The van der Waals surface area contributed by atoms with Crippen LogP contribution in [-0.4, -0.2) is 113 Å². The van der Waals surface area contributed by atoms with Crippen molar-refractivity contribution >= 4 is 23.9 Å². The molecular weight excluding hydrogens is 662 g/mol. The number of hydrogen-bond donors (Lipinski definition) is 7. The molecule has 3 aromatic carbocycles. The zero-order valence-electron chi connectivity index (χ0n) is 28.2. The standard InChI is InChI=1S/C37H43N3O11/c1-21(35(47)49-2)39-30(42)17-37(33(45)32(44)31(43)29(18-41)51-37)20-38-34(46)28(16-22-10-4-3-5-11-22)40-36(48)50-19-27-25-14-8-6-12-23(25)24-13-7-9-15-26(24)27/h3-15,21,27-29,31-33,41,43-45H,16-20H2,1-2H3,(H,38,46)(H,39,42)(H,40,48)/t21-,28-,29+,31-,32-,33+,37+/m0/s1. The van der Waals surface area contributed by atoms with Crippen LogP contribution in [0.3, 0.4) is 0 Å². The second-order valence-corrected chi connectivity index (χ2v) is 12.7. The van der Waals surface area contributed by atoms with Crippen molar-refractivity contribution in [2.45, 2.75) is 67.8 Å². The van der Waals surface area contributed by atoms with Crippen LogP contribution < -0.4 is 16.0 Å². The number of esters is 1. The Morgan fingerprint density at radius 1 is 0.863 bits per heavy atom. The highest BCUT2D eigenvalue weighted by Gasteiger charge is 2.54. The Bertz CT molecular complexity index is 1660. The maximum absolute atomic E-state index is 13.8.